The third kappa shape index (κ3) is 4.36. The average molecular weight is 258 g/mol. The van der Waals surface area contributed by atoms with Crippen molar-refractivity contribution in [2.24, 2.45) is 5.73 Å². The molecule has 0 spiro atoms. The van der Waals surface area contributed by atoms with Gasteiger partial charge in [0.25, 0.3) is 0 Å². The number of nitrogens with two attached hydrogens (primary N) is 1. The summed E-state index contributed by atoms with van der Waals surface area (Å²) in [5.41, 5.74) is 7.04. The van der Waals surface area contributed by atoms with Crippen LogP contribution in [-0.4, -0.2) is 10.8 Å². The van der Waals surface area contributed by atoms with E-state index in [1.807, 2.05) is 30.8 Å². The molecule has 1 aromatic carbocycles. The molecule has 0 fully saturated rings. The second kappa shape index (κ2) is 5.44. The molecule has 3 heteroatoms. The first-order valence-corrected chi connectivity index (χ1v) is 6.71. The van der Waals surface area contributed by atoms with Crippen LogP contribution in [0.5, 0.6) is 0 Å². The quantitative estimate of drug-likeness (QED) is 0.825. The second-order valence-corrected chi connectivity index (χ2v) is 7.39. The van der Waals surface area contributed by atoms with E-state index in [0.717, 1.165) is 11.4 Å². The van der Waals surface area contributed by atoms with Crippen molar-refractivity contribution in [2.45, 2.75) is 49.8 Å². The fourth-order valence-corrected chi connectivity index (χ4v) is 2.91. The van der Waals surface area contributed by atoms with Crippen LogP contribution in [0.2, 0.25) is 5.02 Å². The standard InChI is InChI=1S/C13H20ClNS/c1-9(15)8-10-11(14)6-5-7-12(10)16-13(2,3)4/h5-7,9H,8,15H2,1-4H3. The summed E-state index contributed by atoms with van der Waals surface area (Å²) in [4.78, 5) is 1.25. The zero-order valence-corrected chi connectivity index (χ0v) is 12.0. The van der Waals surface area contributed by atoms with Crippen LogP contribution < -0.4 is 5.73 Å². The van der Waals surface area contributed by atoms with Crippen LogP contribution in [0, 0.1) is 0 Å². The molecule has 0 heterocycles. The molecule has 1 nitrogen and oxygen atoms in total. The lowest BCUT2D eigenvalue weighted by Gasteiger charge is -2.21. The van der Waals surface area contributed by atoms with Gasteiger partial charge in [-0.25, -0.2) is 0 Å². The van der Waals surface area contributed by atoms with Gasteiger partial charge < -0.3 is 5.73 Å². The van der Waals surface area contributed by atoms with Crippen molar-refractivity contribution < 1.29 is 0 Å². The van der Waals surface area contributed by atoms with Crippen molar-refractivity contribution in [3.63, 3.8) is 0 Å². The first kappa shape index (κ1) is 13.9. The molecule has 0 aliphatic rings. The Kier molecular flexibility index (Phi) is 4.72. The van der Waals surface area contributed by atoms with Crippen LogP contribution in [-0.2, 0) is 6.42 Å². The molecule has 0 saturated heterocycles. The van der Waals surface area contributed by atoms with Gasteiger partial charge in [-0.05, 0) is 31.0 Å². The van der Waals surface area contributed by atoms with E-state index in [9.17, 15) is 0 Å². The minimum atomic E-state index is 0.138. The minimum absolute atomic E-state index is 0.138. The van der Waals surface area contributed by atoms with Gasteiger partial charge in [-0.2, -0.15) is 0 Å². The fraction of sp³-hybridized carbons (Fsp3) is 0.538. The largest absolute Gasteiger partial charge is 0.328 e. The third-order valence-electron chi connectivity index (χ3n) is 2.02. The SMILES string of the molecule is CC(N)Cc1c(Cl)cccc1SC(C)(C)C. The van der Waals surface area contributed by atoms with Crippen LogP contribution in [0.4, 0.5) is 0 Å². The van der Waals surface area contributed by atoms with Crippen LogP contribution >= 0.6 is 23.4 Å². The van der Waals surface area contributed by atoms with Gasteiger partial charge in [-0.1, -0.05) is 38.4 Å². The van der Waals surface area contributed by atoms with Crippen LogP contribution in [0.1, 0.15) is 33.3 Å². The Balaban J connectivity index is 3.03. The average Bonchev–Trinajstić information content (AvgIpc) is 2.08. The van der Waals surface area contributed by atoms with E-state index < -0.39 is 0 Å². The van der Waals surface area contributed by atoms with Crippen molar-refractivity contribution in [3.05, 3.63) is 28.8 Å². The topological polar surface area (TPSA) is 26.0 Å². The Morgan fingerprint density at radius 1 is 1.38 bits per heavy atom. The zero-order valence-electron chi connectivity index (χ0n) is 10.4. The van der Waals surface area contributed by atoms with Gasteiger partial charge in [0, 0.05) is 20.7 Å². The first-order valence-electron chi connectivity index (χ1n) is 5.51. The molecule has 0 bridgehead atoms. The summed E-state index contributed by atoms with van der Waals surface area (Å²) in [6.07, 6.45) is 0.831. The highest BCUT2D eigenvalue weighted by molar-refractivity contribution is 8.00. The van der Waals surface area contributed by atoms with Crippen LogP contribution in [0.15, 0.2) is 23.1 Å². The Labute approximate surface area is 108 Å². The molecule has 1 aromatic rings. The summed E-state index contributed by atoms with van der Waals surface area (Å²) in [7, 11) is 0. The Bertz CT molecular complexity index is 355. The van der Waals surface area contributed by atoms with Crippen LogP contribution in [0.3, 0.4) is 0 Å². The molecule has 0 aromatic heterocycles. The molecule has 0 aliphatic carbocycles. The van der Waals surface area contributed by atoms with E-state index in [4.69, 9.17) is 17.3 Å². The smallest absolute Gasteiger partial charge is 0.0449 e. The molecular formula is C13H20ClNS. The predicted octanol–water partition coefficient (Wildman–Crippen LogP) is 4.12. The Hall–Kier alpha value is -0.180. The Morgan fingerprint density at radius 2 is 2.00 bits per heavy atom. The number of benzene rings is 1. The number of halogens is 1. The molecule has 90 valence electrons. The summed E-state index contributed by atoms with van der Waals surface area (Å²) < 4.78 is 0.192. The number of thioether (sulfide) groups is 1. The van der Waals surface area contributed by atoms with Crippen molar-refractivity contribution in [1.82, 2.24) is 0 Å². The van der Waals surface area contributed by atoms with Crippen molar-refractivity contribution >= 4 is 23.4 Å². The number of rotatable bonds is 3. The normalized spacial score (nSPS) is 13.9. The molecule has 1 atom stereocenters. The molecule has 1 unspecified atom stereocenters. The van der Waals surface area contributed by atoms with E-state index in [0.29, 0.717) is 0 Å². The third-order valence-corrected chi connectivity index (χ3v) is 3.59. The predicted molar refractivity (Wildman–Crippen MR) is 74.4 cm³/mol. The van der Waals surface area contributed by atoms with E-state index in [2.05, 4.69) is 26.8 Å². The number of hydrogen-bond donors (Lipinski definition) is 1. The van der Waals surface area contributed by atoms with Crippen molar-refractivity contribution in [3.8, 4) is 0 Å². The second-order valence-electron chi connectivity index (χ2n) is 5.11. The summed E-state index contributed by atoms with van der Waals surface area (Å²) >= 11 is 8.08. The molecule has 0 amide bonds. The maximum atomic E-state index is 6.23. The molecule has 0 radical (unpaired) electrons. The fourth-order valence-electron chi connectivity index (χ4n) is 1.48. The molecule has 16 heavy (non-hydrogen) atoms. The summed E-state index contributed by atoms with van der Waals surface area (Å²) in [6.45, 7) is 8.62. The van der Waals surface area contributed by atoms with Crippen molar-refractivity contribution in [1.29, 1.82) is 0 Å². The summed E-state index contributed by atoms with van der Waals surface area (Å²) in [5.74, 6) is 0. The van der Waals surface area contributed by atoms with Gasteiger partial charge in [0.15, 0.2) is 0 Å². The van der Waals surface area contributed by atoms with Gasteiger partial charge in [-0.3, -0.25) is 0 Å². The molecule has 1 rings (SSSR count). The van der Waals surface area contributed by atoms with Gasteiger partial charge in [-0.15, -0.1) is 11.8 Å². The van der Waals surface area contributed by atoms with Gasteiger partial charge in [0.1, 0.15) is 0 Å². The monoisotopic (exact) mass is 257 g/mol. The zero-order chi connectivity index (χ0) is 12.3. The van der Waals surface area contributed by atoms with Crippen LogP contribution in [0.25, 0.3) is 0 Å². The summed E-state index contributed by atoms with van der Waals surface area (Å²) in [5, 5.41) is 0.826. The van der Waals surface area contributed by atoms with E-state index >= 15 is 0 Å². The lowest BCUT2D eigenvalue weighted by Crippen LogP contribution is -2.19. The molecule has 2 N–H and O–H groups in total. The van der Waals surface area contributed by atoms with Gasteiger partial charge >= 0.3 is 0 Å². The Morgan fingerprint density at radius 3 is 2.50 bits per heavy atom. The van der Waals surface area contributed by atoms with Gasteiger partial charge in [0.2, 0.25) is 0 Å². The highest BCUT2D eigenvalue weighted by Gasteiger charge is 2.16. The molecule has 0 saturated carbocycles. The lowest BCUT2D eigenvalue weighted by molar-refractivity contribution is 0.727. The van der Waals surface area contributed by atoms with E-state index in [-0.39, 0.29) is 10.8 Å². The highest BCUT2D eigenvalue weighted by Crippen LogP contribution is 2.37. The van der Waals surface area contributed by atoms with Gasteiger partial charge in [0.05, 0.1) is 0 Å². The summed E-state index contributed by atoms with van der Waals surface area (Å²) in [6, 6.07) is 6.20. The van der Waals surface area contributed by atoms with E-state index in [1.165, 1.54) is 10.5 Å². The molecule has 0 aliphatic heterocycles. The minimum Gasteiger partial charge on any atom is -0.328 e. The first-order chi connectivity index (χ1) is 7.29. The molecular weight excluding hydrogens is 238 g/mol. The highest BCUT2D eigenvalue weighted by atomic mass is 35.5. The maximum Gasteiger partial charge on any atom is 0.0449 e. The number of hydrogen-bond acceptors (Lipinski definition) is 2. The van der Waals surface area contributed by atoms with Crippen molar-refractivity contribution in [2.75, 3.05) is 0 Å². The lowest BCUT2D eigenvalue weighted by atomic mass is 10.1. The maximum absolute atomic E-state index is 6.23. The van der Waals surface area contributed by atoms with E-state index in [1.54, 1.807) is 0 Å².